The molecule has 8 heteroatoms. The summed E-state index contributed by atoms with van der Waals surface area (Å²) in [5.74, 6) is -3.55. The number of nitro groups is 1. The number of carbonyl (C=O) groups excluding carboxylic acids is 1. The van der Waals surface area contributed by atoms with Crippen LogP contribution in [-0.4, -0.2) is 30.0 Å². The Hall–Kier alpha value is -2.09. The van der Waals surface area contributed by atoms with Crippen molar-refractivity contribution in [1.29, 1.82) is 0 Å². The second-order valence-electron chi connectivity index (χ2n) is 4.18. The smallest absolute Gasteiger partial charge is 0.305 e. The Morgan fingerprint density at radius 3 is 2.79 bits per heavy atom. The van der Waals surface area contributed by atoms with Gasteiger partial charge in [0.05, 0.1) is 4.92 Å². The average Bonchev–Trinajstić information content (AvgIpc) is 2.81. The van der Waals surface area contributed by atoms with E-state index in [9.17, 15) is 23.7 Å². The van der Waals surface area contributed by atoms with E-state index < -0.39 is 33.7 Å². The first kappa shape index (κ1) is 13.3. The van der Waals surface area contributed by atoms with Gasteiger partial charge >= 0.3 is 5.69 Å². The number of rotatable bonds is 3. The van der Waals surface area contributed by atoms with Crippen molar-refractivity contribution in [1.82, 2.24) is 10.6 Å². The first-order valence-corrected chi connectivity index (χ1v) is 5.64. The minimum Gasteiger partial charge on any atom is -0.348 e. The molecule has 1 aliphatic heterocycles. The van der Waals surface area contributed by atoms with E-state index in [4.69, 9.17) is 0 Å². The number of hydrogen-bond donors (Lipinski definition) is 2. The highest BCUT2D eigenvalue weighted by Crippen LogP contribution is 2.23. The van der Waals surface area contributed by atoms with E-state index in [0.717, 1.165) is 0 Å². The van der Waals surface area contributed by atoms with Gasteiger partial charge in [-0.25, -0.2) is 4.39 Å². The van der Waals surface area contributed by atoms with Gasteiger partial charge in [-0.05, 0) is 19.0 Å². The molecule has 0 spiro atoms. The molecule has 1 saturated heterocycles. The third kappa shape index (κ3) is 2.68. The first-order valence-electron chi connectivity index (χ1n) is 5.64. The summed E-state index contributed by atoms with van der Waals surface area (Å²) in [6.45, 7) is 1.20. The van der Waals surface area contributed by atoms with Crippen molar-refractivity contribution >= 4 is 11.6 Å². The van der Waals surface area contributed by atoms with Crippen molar-refractivity contribution < 1.29 is 18.5 Å². The van der Waals surface area contributed by atoms with E-state index in [1.165, 1.54) is 0 Å². The van der Waals surface area contributed by atoms with Crippen LogP contribution in [0.25, 0.3) is 0 Å². The van der Waals surface area contributed by atoms with Gasteiger partial charge in [-0.15, -0.1) is 0 Å². The molecule has 1 aromatic rings. The van der Waals surface area contributed by atoms with Crippen molar-refractivity contribution in [2.24, 2.45) is 0 Å². The maximum atomic E-state index is 13.8. The van der Waals surface area contributed by atoms with Crippen LogP contribution in [0.1, 0.15) is 16.8 Å². The molecular weight excluding hydrogens is 260 g/mol. The highest BCUT2D eigenvalue weighted by molar-refractivity contribution is 5.95. The Morgan fingerprint density at radius 1 is 1.47 bits per heavy atom. The van der Waals surface area contributed by atoms with E-state index >= 15 is 0 Å². The number of amides is 1. The van der Waals surface area contributed by atoms with Crippen molar-refractivity contribution in [2.45, 2.75) is 12.5 Å². The van der Waals surface area contributed by atoms with E-state index in [1.54, 1.807) is 0 Å². The fraction of sp³-hybridized carbons (Fsp3) is 0.364. The van der Waals surface area contributed by atoms with Gasteiger partial charge in [-0.1, -0.05) is 0 Å². The fourth-order valence-corrected chi connectivity index (χ4v) is 1.93. The van der Waals surface area contributed by atoms with Crippen LogP contribution in [0.2, 0.25) is 0 Å². The molecule has 102 valence electrons. The fourth-order valence-electron chi connectivity index (χ4n) is 1.93. The molecule has 2 N–H and O–H groups in total. The molecule has 0 saturated carbocycles. The monoisotopic (exact) mass is 271 g/mol. The summed E-state index contributed by atoms with van der Waals surface area (Å²) in [5, 5.41) is 16.0. The lowest BCUT2D eigenvalue weighted by Gasteiger charge is -2.12. The van der Waals surface area contributed by atoms with Gasteiger partial charge in [-0.3, -0.25) is 14.9 Å². The van der Waals surface area contributed by atoms with Crippen LogP contribution in [0.4, 0.5) is 14.5 Å². The molecule has 1 fully saturated rings. The minimum absolute atomic E-state index is 0.231. The number of nitrogens with zero attached hydrogens (tertiary/aromatic N) is 1. The summed E-state index contributed by atoms with van der Waals surface area (Å²) in [6, 6.07) is 1.17. The lowest BCUT2D eigenvalue weighted by atomic mass is 10.1. The predicted molar refractivity (Wildman–Crippen MR) is 61.8 cm³/mol. The normalized spacial score (nSPS) is 18.3. The maximum Gasteiger partial charge on any atom is 0.305 e. The van der Waals surface area contributed by atoms with E-state index in [2.05, 4.69) is 10.6 Å². The van der Waals surface area contributed by atoms with Crippen LogP contribution in [0, 0.1) is 21.7 Å². The van der Waals surface area contributed by atoms with Gasteiger partial charge < -0.3 is 10.6 Å². The van der Waals surface area contributed by atoms with E-state index in [0.29, 0.717) is 31.6 Å². The molecule has 0 aliphatic carbocycles. The minimum atomic E-state index is -1.45. The molecule has 1 atom stereocenters. The van der Waals surface area contributed by atoms with E-state index in [-0.39, 0.29) is 6.04 Å². The zero-order valence-electron chi connectivity index (χ0n) is 9.78. The third-order valence-corrected chi connectivity index (χ3v) is 2.89. The number of carbonyl (C=O) groups is 1. The molecule has 0 unspecified atom stereocenters. The average molecular weight is 271 g/mol. The highest BCUT2D eigenvalue weighted by Gasteiger charge is 2.28. The summed E-state index contributed by atoms with van der Waals surface area (Å²) in [7, 11) is 0. The van der Waals surface area contributed by atoms with Crippen LogP contribution in [0.3, 0.4) is 0 Å². The zero-order valence-corrected chi connectivity index (χ0v) is 9.78. The quantitative estimate of drug-likeness (QED) is 0.633. The SMILES string of the molecule is O=C(N[C@@H]1CCNC1)c1c(F)ccc([N+](=O)[O-])c1F. The predicted octanol–water partition coefficient (Wildman–Crippen LogP) is 0.965. The summed E-state index contributed by atoms with van der Waals surface area (Å²) in [6.07, 6.45) is 0.643. The largest absolute Gasteiger partial charge is 0.348 e. The molecule has 1 aliphatic rings. The van der Waals surface area contributed by atoms with Crippen molar-refractivity contribution in [3.8, 4) is 0 Å². The number of halogens is 2. The highest BCUT2D eigenvalue weighted by atomic mass is 19.1. The molecule has 1 aromatic carbocycles. The second-order valence-corrected chi connectivity index (χ2v) is 4.18. The molecule has 1 amide bonds. The summed E-state index contributed by atoms with van der Waals surface area (Å²) >= 11 is 0. The summed E-state index contributed by atoms with van der Waals surface area (Å²) in [5.41, 5.74) is -1.84. The van der Waals surface area contributed by atoms with Crippen molar-refractivity contribution in [3.63, 3.8) is 0 Å². The van der Waals surface area contributed by atoms with Gasteiger partial charge in [0.15, 0.2) is 0 Å². The van der Waals surface area contributed by atoms with Crippen LogP contribution in [0.5, 0.6) is 0 Å². The number of benzene rings is 1. The van der Waals surface area contributed by atoms with Crippen molar-refractivity contribution in [2.75, 3.05) is 13.1 Å². The molecule has 6 nitrogen and oxygen atoms in total. The Labute approximate surface area is 106 Å². The molecule has 1 heterocycles. The van der Waals surface area contributed by atoms with Crippen LogP contribution in [0.15, 0.2) is 12.1 Å². The second kappa shape index (κ2) is 5.27. The molecular formula is C11H11F2N3O3. The third-order valence-electron chi connectivity index (χ3n) is 2.89. The standard InChI is InChI=1S/C11H11F2N3O3/c12-7-1-2-8(16(18)19)10(13)9(7)11(17)15-6-3-4-14-5-6/h1-2,6,14H,3-5H2,(H,15,17)/t6-/m1/s1. The van der Waals surface area contributed by atoms with E-state index in [1.807, 2.05) is 0 Å². The summed E-state index contributed by atoms with van der Waals surface area (Å²) < 4.78 is 27.2. The van der Waals surface area contributed by atoms with Gasteiger partial charge in [0, 0.05) is 18.7 Å². The molecule has 0 aromatic heterocycles. The van der Waals surface area contributed by atoms with Gasteiger partial charge in [0.2, 0.25) is 5.82 Å². The Morgan fingerprint density at radius 2 is 2.21 bits per heavy atom. The molecule has 0 bridgehead atoms. The van der Waals surface area contributed by atoms with Gasteiger partial charge in [0.25, 0.3) is 5.91 Å². The molecule has 2 rings (SSSR count). The number of nitro benzene ring substituents is 1. The number of nitrogens with one attached hydrogen (secondary N) is 2. The van der Waals surface area contributed by atoms with Gasteiger partial charge in [0.1, 0.15) is 11.4 Å². The molecule has 19 heavy (non-hydrogen) atoms. The lowest BCUT2D eigenvalue weighted by molar-refractivity contribution is -0.387. The maximum absolute atomic E-state index is 13.8. The van der Waals surface area contributed by atoms with Gasteiger partial charge in [-0.2, -0.15) is 4.39 Å². The van der Waals surface area contributed by atoms with Crippen LogP contribution < -0.4 is 10.6 Å². The van der Waals surface area contributed by atoms with Crippen LogP contribution >= 0.6 is 0 Å². The van der Waals surface area contributed by atoms with Crippen molar-refractivity contribution in [3.05, 3.63) is 39.4 Å². The molecule has 0 radical (unpaired) electrons. The zero-order chi connectivity index (χ0) is 14.0. The Kier molecular flexibility index (Phi) is 3.70. The summed E-state index contributed by atoms with van der Waals surface area (Å²) in [4.78, 5) is 21.3. The Balaban J connectivity index is 2.29. The number of hydrogen-bond acceptors (Lipinski definition) is 4. The van der Waals surface area contributed by atoms with Crippen LogP contribution in [-0.2, 0) is 0 Å². The first-order chi connectivity index (χ1) is 9.00. The Bertz CT molecular complexity index is 530. The lowest BCUT2D eigenvalue weighted by Crippen LogP contribution is -2.37. The topological polar surface area (TPSA) is 84.3 Å².